The Labute approximate surface area is 132 Å². The highest BCUT2D eigenvalue weighted by molar-refractivity contribution is 7.12. The molecule has 0 aliphatic carbocycles. The summed E-state index contributed by atoms with van der Waals surface area (Å²) < 4.78 is 5.25. The molecule has 0 saturated carbocycles. The molecule has 0 bridgehead atoms. The third-order valence-electron chi connectivity index (χ3n) is 3.51. The summed E-state index contributed by atoms with van der Waals surface area (Å²) in [4.78, 5) is 2.79. The lowest BCUT2D eigenvalue weighted by Gasteiger charge is -2.19. The van der Waals surface area contributed by atoms with Crippen molar-refractivity contribution >= 4 is 11.3 Å². The van der Waals surface area contributed by atoms with Crippen molar-refractivity contribution in [2.75, 3.05) is 13.7 Å². The van der Waals surface area contributed by atoms with E-state index in [9.17, 15) is 0 Å². The van der Waals surface area contributed by atoms with Crippen LogP contribution in [0, 0.1) is 0 Å². The van der Waals surface area contributed by atoms with Crippen LogP contribution >= 0.6 is 11.3 Å². The maximum atomic E-state index is 5.25. The minimum atomic E-state index is 0.208. The second-order valence-corrected chi connectivity index (χ2v) is 7.33. The Bertz CT molecular complexity index is 566. The summed E-state index contributed by atoms with van der Waals surface area (Å²) in [5.41, 5.74) is 1.49. The molecular weight excluding hydrogens is 278 g/mol. The minimum absolute atomic E-state index is 0.208. The lowest BCUT2D eigenvalue weighted by atomic mass is 9.95. The molecule has 2 nitrogen and oxygen atoms in total. The van der Waals surface area contributed by atoms with Gasteiger partial charge in [0.2, 0.25) is 0 Å². The van der Waals surface area contributed by atoms with Gasteiger partial charge in [0.05, 0.1) is 13.2 Å². The fraction of sp³-hybridized carbons (Fsp3) is 0.444. The van der Waals surface area contributed by atoms with Gasteiger partial charge in [-0.1, -0.05) is 39.8 Å². The molecule has 21 heavy (non-hydrogen) atoms. The number of hydrogen-bond acceptors (Lipinski definition) is 3. The van der Waals surface area contributed by atoms with E-state index >= 15 is 0 Å². The summed E-state index contributed by atoms with van der Waals surface area (Å²) in [6.45, 7) is 9.88. The Morgan fingerprint density at radius 2 is 1.76 bits per heavy atom. The van der Waals surface area contributed by atoms with Crippen LogP contribution in [0.1, 0.15) is 49.1 Å². The molecule has 2 rings (SSSR count). The average molecular weight is 303 g/mol. The van der Waals surface area contributed by atoms with E-state index in [0.717, 1.165) is 12.3 Å². The molecule has 0 aliphatic rings. The van der Waals surface area contributed by atoms with Gasteiger partial charge in [0.25, 0.3) is 0 Å². The van der Waals surface area contributed by atoms with Gasteiger partial charge in [0, 0.05) is 9.75 Å². The van der Waals surface area contributed by atoms with Crippen molar-refractivity contribution < 1.29 is 4.74 Å². The fourth-order valence-corrected chi connectivity index (χ4v) is 3.46. The zero-order valence-electron chi connectivity index (χ0n) is 13.6. The van der Waals surface area contributed by atoms with Crippen molar-refractivity contribution in [1.82, 2.24) is 5.32 Å². The van der Waals surface area contributed by atoms with E-state index in [1.54, 1.807) is 7.11 Å². The largest absolute Gasteiger partial charge is 0.497 e. The van der Waals surface area contributed by atoms with Crippen LogP contribution in [0.5, 0.6) is 5.75 Å². The Morgan fingerprint density at radius 1 is 1.10 bits per heavy atom. The Kier molecular flexibility index (Phi) is 5.07. The first kappa shape index (κ1) is 16.1. The summed E-state index contributed by atoms with van der Waals surface area (Å²) >= 11 is 1.90. The van der Waals surface area contributed by atoms with E-state index in [2.05, 4.69) is 57.3 Å². The van der Waals surface area contributed by atoms with Crippen molar-refractivity contribution in [3.8, 4) is 5.75 Å². The highest BCUT2D eigenvalue weighted by Gasteiger charge is 2.20. The molecular formula is C18H25NOS. The molecule has 0 fully saturated rings. The van der Waals surface area contributed by atoms with Gasteiger partial charge in [0.1, 0.15) is 5.75 Å². The van der Waals surface area contributed by atoms with E-state index < -0.39 is 0 Å². The van der Waals surface area contributed by atoms with Crippen LogP contribution in [0.15, 0.2) is 36.4 Å². The first-order valence-electron chi connectivity index (χ1n) is 7.43. The number of rotatable bonds is 5. The predicted molar refractivity (Wildman–Crippen MR) is 91.5 cm³/mol. The van der Waals surface area contributed by atoms with E-state index in [4.69, 9.17) is 4.74 Å². The molecule has 0 amide bonds. The van der Waals surface area contributed by atoms with Crippen LogP contribution in [-0.4, -0.2) is 13.7 Å². The highest BCUT2D eigenvalue weighted by Crippen LogP contribution is 2.35. The molecule has 2 aromatic rings. The Hall–Kier alpha value is -1.32. The monoisotopic (exact) mass is 303 g/mol. The molecule has 1 heterocycles. The summed E-state index contributed by atoms with van der Waals surface area (Å²) in [6.07, 6.45) is 0. The quantitative estimate of drug-likeness (QED) is 0.860. The average Bonchev–Trinajstić information content (AvgIpc) is 2.94. The second-order valence-electron chi connectivity index (χ2n) is 6.22. The van der Waals surface area contributed by atoms with E-state index in [1.807, 2.05) is 23.5 Å². The molecule has 0 aliphatic heterocycles. The Balaban J connectivity index is 2.31. The van der Waals surface area contributed by atoms with Crippen molar-refractivity contribution in [2.24, 2.45) is 0 Å². The van der Waals surface area contributed by atoms with Gasteiger partial charge < -0.3 is 10.1 Å². The smallest absolute Gasteiger partial charge is 0.118 e. The number of thiophene rings is 1. The summed E-state index contributed by atoms with van der Waals surface area (Å²) in [6, 6.07) is 13.1. The zero-order chi connectivity index (χ0) is 15.5. The van der Waals surface area contributed by atoms with Crippen LogP contribution in [0.4, 0.5) is 0 Å². The Morgan fingerprint density at radius 3 is 2.24 bits per heavy atom. The lowest BCUT2D eigenvalue weighted by molar-refractivity contribution is 0.414. The van der Waals surface area contributed by atoms with Crippen molar-refractivity contribution in [3.63, 3.8) is 0 Å². The van der Waals surface area contributed by atoms with Crippen LogP contribution < -0.4 is 10.1 Å². The maximum absolute atomic E-state index is 5.25. The first-order chi connectivity index (χ1) is 9.95. The van der Waals surface area contributed by atoms with Gasteiger partial charge in [-0.15, -0.1) is 11.3 Å². The van der Waals surface area contributed by atoms with Gasteiger partial charge >= 0.3 is 0 Å². The van der Waals surface area contributed by atoms with Gasteiger partial charge in [-0.25, -0.2) is 0 Å². The molecule has 114 valence electrons. The highest BCUT2D eigenvalue weighted by atomic mass is 32.1. The SMILES string of the molecule is CCNC(c1ccc(OC)cc1)c1ccc(C(C)(C)C)s1. The standard InChI is InChI=1S/C18H25NOS/c1-6-19-17(13-7-9-14(20-5)10-8-13)15-11-12-16(21-15)18(2,3)4/h7-12,17,19H,6H2,1-5H3. The van der Waals surface area contributed by atoms with E-state index in [1.165, 1.54) is 15.3 Å². The zero-order valence-corrected chi connectivity index (χ0v) is 14.4. The number of benzene rings is 1. The second kappa shape index (κ2) is 6.63. The predicted octanol–water partition coefficient (Wildman–Crippen LogP) is 4.75. The lowest BCUT2D eigenvalue weighted by Crippen LogP contribution is -2.21. The van der Waals surface area contributed by atoms with Crippen LogP contribution in [0.25, 0.3) is 0 Å². The third kappa shape index (κ3) is 3.86. The van der Waals surface area contributed by atoms with Crippen molar-refractivity contribution in [3.05, 3.63) is 51.7 Å². The number of nitrogens with one attached hydrogen (secondary N) is 1. The molecule has 3 heteroatoms. The van der Waals surface area contributed by atoms with Crippen LogP contribution in [-0.2, 0) is 5.41 Å². The van der Waals surface area contributed by atoms with Gasteiger partial charge in [-0.2, -0.15) is 0 Å². The minimum Gasteiger partial charge on any atom is -0.497 e. The maximum Gasteiger partial charge on any atom is 0.118 e. The van der Waals surface area contributed by atoms with Crippen LogP contribution in [0.3, 0.4) is 0 Å². The normalized spacial score (nSPS) is 13.2. The summed E-state index contributed by atoms with van der Waals surface area (Å²) in [5, 5.41) is 3.59. The van der Waals surface area contributed by atoms with Crippen molar-refractivity contribution in [2.45, 2.75) is 39.2 Å². The molecule has 1 aromatic carbocycles. The van der Waals surface area contributed by atoms with Gasteiger partial charge in [-0.3, -0.25) is 0 Å². The number of methoxy groups -OCH3 is 1. The third-order valence-corrected chi connectivity index (χ3v) is 5.08. The molecule has 1 aromatic heterocycles. The van der Waals surface area contributed by atoms with Gasteiger partial charge in [0.15, 0.2) is 0 Å². The molecule has 1 N–H and O–H groups in total. The number of ether oxygens (including phenoxy) is 1. The molecule has 1 unspecified atom stereocenters. The van der Waals surface area contributed by atoms with Crippen LogP contribution in [0.2, 0.25) is 0 Å². The van der Waals surface area contributed by atoms with E-state index in [-0.39, 0.29) is 11.5 Å². The fourth-order valence-electron chi connectivity index (χ4n) is 2.29. The topological polar surface area (TPSA) is 21.3 Å². The first-order valence-corrected chi connectivity index (χ1v) is 8.25. The van der Waals surface area contributed by atoms with E-state index in [0.29, 0.717) is 0 Å². The summed E-state index contributed by atoms with van der Waals surface area (Å²) in [7, 11) is 1.70. The van der Waals surface area contributed by atoms with Gasteiger partial charge in [-0.05, 0) is 41.8 Å². The van der Waals surface area contributed by atoms with Crippen molar-refractivity contribution in [1.29, 1.82) is 0 Å². The number of hydrogen-bond donors (Lipinski definition) is 1. The molecule has 0 radical (unpaired) electrons. The molecule has 0 saturated heterocycles. The summed E-state index contributed by atoms with van der Waals surface area (Å²) in [5.74, 6) is 0.899. The molecule has 0 spiro atoms. The molecule has 1 atom stereocenters.